The first-order chi connectivity index (χ1) is 13.1. The van der Waals surface area contributed by atoms with Crippen LogP contribution in [-0.2, 0) is 9.53 Å². The van der Waals surface area contributed by atoms with Gasteiger partial charge in [-0.1, -0.05) is 30.3 Å². The fourth-order valence-electron chi connectivity index (χ4n) is 2.65. The molecular formula is C22H21NO4. The van der Waals surface area contributed by atoms with Gasteiger partial charge in [0, 0.05) is 5.69 Å². The van der Waals surface area contributed by atoms with Crippen molar-refractivity contribution in [2.24, 2.45) is 0 Å². The Kier molecular flexibility index (Phi) is 5.71. The number of amides is 1. The van der Waals surface area contributed by atoms with E-state index in [1.165, 1.54) is 0 Å². The molecule has 1 N–H and O–H groups in total. The SMILES string of the molecule is CCOC(=O)c1ccc(NC(=O)[C@@H](C)Oc2ccc3ccccc3c2)cc1. The van der Waals surface area contributed by atoms with Crippen molar-refractivity contribution in [2.45, 2.75) is 20.0 Å². The van der Waals surface area contributed by atoms with Gasteiger partial charge in [-0.2, -0.15) is 0 Å². The summed E-state index contributed by atoms with van der Waals surface area (Å²) in [6.07, 6.45) is -0.670. The van der Waals surface area contributed by atoms with E-state index in [0.717, 1.165) is 10.8 Å². The molecule has 5 heteroatoms. The number of carbonyl (C=O) groups is 2. The zero-order valence-corrected chi connectivity index (χ0v) is 15.3. The molecule has 3 aromatic rings. The lowest BCUT2D eigenvalue weighted by molar-refractivity contribution is -0.122. The number of hydrogen-bond donors (Lipinski definition) is 1. The van der Waals surface area contributed by atoms with Crippen LogP contribution in [0.15, 0.2) is 66.7 Å². The Morgan fingerprint density at radius 1 is 0.963 bits per heavy atom. The van der Waals surface area contributed by atoms with E-state index in [2.05, 4.69) is 5.32 Å². The lowest BCUT2D eigenvalue weighted by atomic mass is 10.1. The standard InChI is InChI=1S/C22H21NO4/c1-3-26-22(25)17-8-11-19(12-9-17)23-21(24)15(2)27-20-13-10-16-6-4-5-7-18(16)14-20/h4-15H,3H2,1-2H3,(H,23,24)/t15-/m1/s1. The summed E-state index contributed by atoms with van der Waals surface area (Å²) < 4.78 is 10.7. The summed E-state index contributed by atoms with van der Waals surface area (Å²) in [5.74, 6) is -0.0237. The number of fused-ring (bicyclic) bond motifs is 1. The number of hydrogen-bond acceptors (Lipinski definition) is 4. The molecule has 1 amide bonds. The molecule has 0 saturated heterocycles. The maximum Gasteiger partial charge on any atom is 0.338 e. The first kappa shape index (κ1) is 18.5. The van der Waals surface area contributed by atoms with Gasteiger partial charge < -0.3 is 14.8 Å². The van der Waals surface area contributed by atoms with E-state index >= 15 is 0 Å². The van der Waals surface area contributed by atoms with Gasteiger partial charge in [0.05, 0.1) is 12.2 Å². The molecule has 0 radical (unpaired) electrons. The first-order valence-corrected chi connectivity index (χ1v) is 8.80. The molecule has 0 spiro atoms. The number of anilines is 1. The Balaban J connectivity index is 1.62. The highest BCUT2D eigenvalue weighted by Gasteiger charge is 2.15. The Morgan fingerprint density at radius 3 is 2.37 bits per heavy atom. The number of ether oxygens (including phenoxy) is 2. The van der Waals surface area contributed by atoms with Crippen LogP contribution in [0.3, 0.4) is 0 Å². The van der Waals surface area contributed by atoms with Crippen molar-refractivity contribution in [3.05, 3.63) is 72.3 Å². The molecular weight excluding hydrogens is 342 g/mol. The van der Waals surface area contributed by atoms with Crippen LogP contribution in [0.5, 0.6) is 5.75 Å². The normalized spacial score (nSPS) is 11.6. The molecule has 1 atom stereocenters. The molecule has 0 fully saturated rings. The quantitative estimate of drug-likeness (QED) is 0.658. The zero-order chi connectivity index (χ0) is 19.2. The molecule has 0 aliphatic carbocycles. The van der Waals surface area contributed by atoms with Gasteiger partial charge in [-0.3, -0.25) is 4.79 Å². The number of carbonyl (C=O) groups excluding carboxylic acids is 2. The van der Waals surface area contributed by atoms with Crippen molar-refractivity contribution >= 4 is 28.3 Å². The summed E-state index contributed by atoms with van der Waals surface area (Å²) >= 11 is 0. The topological polar surface area (TPSA) is 64.6 Å². The summed E-state index contributed by atoms with van der Waals surface area (Å²) in [6.45, 7) is 3.77. The maximum absolute atomic E-state index is 12.4. The summed E-state index contributed by atoms with van der Waals surface area (Å²) in [7, 11) is 0. The lowest BCUT2D eigenvalue weighted by Crippen LogP contribution is -2.30. The molecule has 138 valence electrons. The van der Waals surface area contributed by atoms with E-state index in [9.17, 15) is 9.59 Å². The summed E-state index contributed by atoms with van der Waals surface area (Å²) in [5.41, 5.74) is 1.03. The van der Waals surface area contributed by atoms with Gasteiger partial charge >= 0.3 is 5.97 Å². The minimum Gasteiger partial charge on any atom is -0.481 e. The van der Waals surface area contributed by atoms with Crippen molar-refractivity contribution in [3.63, 3.8) is 0 Å². The average Bonchev–Trinajstić information content (AvgIpc) is 2.68. The van der Waals surface area contributed by atoms with Crippen LogP contribution in [-0.4, -0.2) is 24.6 Å². The van der Waals surface area contributed by atoms with E-state index in [-0.39, 0.29) is 11.9 Å². The molecule has 3 aromatic carbocycles. The maximum atomic E-state index is 12.4. The minimum absolute atomic E-state index is 0.271. The van der Waals surface area contributed by atoms with Crippen molar-refractivity contribution in [2.75, 3.05) is 11.9 Å². The van der Waals surface area contributed by atoms with Gasteiger partial charge in [0.15, 0.2) is 6.10 Å². The van der Waals surface area contributed by atoms with Crippen molar-refractivity contribution in [1.82, 2.24) is 0 Å². The lowest BCUT2D eigenvalue weighted by Gasteiger charge is -2.15. The molecule has 0 unspecified atom stereocenters. The summed E-state index contributed by atoms with van der Waals surface area (Å²) in [6, 6.07) is 20.2. The van der Waals surface area contributed by atoms with E-state index < -0.39 is 6.10 Å². The fourth-order valence-corrected chi connectivity index (χ4v) is 2.65. The van der Waals surface area contributed by atoms with Gasteiger partial charge in [-0.05, 0) is 61.0 Å². The van der Waals surface area contributed by atoms with Gasteiger partial charge in [-0.25, -0.2) is 4.79 Å². The number of benzene rings is 3. The molecule has 27 heavy (non-hydrogen) atoms. The van der Waals surface area contributed by atoms with Crippen molar-refractivity contribution < 1.29 is 19.1 Å². The zero-order valence-electron chi connectivity index (χ0n) is 15.3. The minimum atomic E-state index is -0.670. The second-order valence-electron chi connectivity index (χ2n) is 6.06. The average molecular weight is 363 g/mol. The molecule has 0 aliphatic heterocycles. The fraction of sp³-hybridized carbons (Fsp3) is 0.182. The predicted molar refractivity (Wildman–Crippen MR) is 105 cm³/mol. The molecule has 5 nitrogen and oxygen atoms in total. The molecule has 0 heterocycles. The smallest absolute Gasteiger partial charge is 0.338 e. The van der Waals surface area contributed by atoms with Gasteiger partial charge in [-0.15, -0.1) is 0 Å². The van der Waals surface area contributed by atoms with E-state index in [1.807, 2.05) is 42.5 Å². The van der Waals surface area contributed by atoms with Crippen LogP contribution in [0.1, 0.15) is 24.2 Å². The highest BCUT2D eigenvalue weighted by atomic mass is 16.5. The van der Waals surface area contributed by atoms with Crippen LogP contribution >= 0.6 is 0 Å². The largest absolute Gasteiger partial charge is 0.481 e. The van der Waals surface area contributed by atoms with Crippen molar-refractivity contribution in [1.29, 1.82) is 0 Å². The van der Waals surface area contributed by atoms with Gasteiger partial charge in [0.2, 0.25) is 0 Å². The number of nitrogens with one attached hydrogen (secondary N) is 1. The third kappa shape index (κ3) is 4.64. The highest BCUT2D eigenvalue weighted by Crippen LogP contribution is 2.21. The highest BCUT2D eigenvalue weighted by molar-refractivity contribution is 5.95. The monoisotopic (exact) mass is 363 g/mol. The van der Waals surface area contributed by atoms with Crippen LogP contribution in [0.4, 0.5) is 5.69 Å². The molecule has 3 rings (SSSR count). The van der Waals surface area contributed by atoms with Gasteiger partial charge in [0.25, 0.3) is 5.91 Å². The van der Waals surface area contributed by atoms with Crippen molar-refractivity contribution in [3.8, 4) is 5.75 Å². The second kappa shape index (κ2) is 8.36. The Morgan fingerprint density at radius 2 is 1.67 bits per heavy atom. The summed E-state index contributed by atoms with van der Waals surface area (Å²) in [5, 5.41) is 4.95. The van der Waals surface area contributed by atoms with Gasteiger partial charge in [0.1, 0.15) is 5.75 Å². The second-order valence-corrected chi connectivity index (χ2v) is 6.06. The van der Waals surface area contributed by atoms with E-state index in [0.29, 0.717) is 23.6 Å². The summed E-state index contributed by atoms with van der Waals surface area (Å²) in [4.78, 5) is 24.0. The van der Waals surface area contributed by atoms with Crippen LogP contribution in [0.2, 0.25) is 0 Å². The van der Waals surface area contributed by atoms with E-state index in [1.54, 1.807) is 38.1 Å². The third-order valence-electron chi connectivity index (χ3n) is 4.07. The van der Waals surface area contributed by atoms with Crippen LogP contribution in [0, 0.1) is 0 Å². The third-order valence-corrected chi connectivity index (χ3v) is 4.07. The number of rotatable bonds is 6. The Hall–Kier alpha value is -3.34. The Labute approximate surface area is 157 Å². The first-order valence-electron chi connectivity index (χ1n) is 8.80. The van der Waals surface area contributed by atoms with Crippen LogP contribution in [0.25, 0.3) is 10.8 Å². The predicted octanol–water partition coefficient (Wildman–Crippen LogP) is 4.42. The molecule has 0 aromatic heterocycles. The molecule has 0 aliphatic rings. The van der Waals surface area contributed by atoms with Crippen LogP contribution < -0.4 is 10.1 Å². The Bertz CT molecular complexity index is 950. The van der Waals surface area contributed by atoms with E-state index in [4.69, 9.17) is 9.47 Å². The number of esters is 1. The molecule has 0 bridgehead atoms. The molecule has 0 saturated carbocycles.